The van der Waals surface area contributed by atoms with Gasteiger partial charge in [-0.25, -0.2) is 0 Å². The van der Waals surface area contributed by atoms with Crippen LogP contribution in [0.5, 0.6) is 5.75 Å². The second kappa shape index (κ2) is 9.80. The summed E-state index contributed by atoms with van der Waals surface area (Å²) in [5, 5.41) is 5.86. The van der Waals surface area contributed by atoms with Gasteiger partial charge in [0.15, 0.2) is 0 Å². The SMILES string of the molecule is COc1ccc(C(C)NC(=O)CCNC(=O)C2CCCCC2)cc1Br. The zero-order valence-corrected chi connectivity index (χ0v) is 16.5. The predicted octanol–water partition coefficient (Wildman–Crippen LogP) is 3.72. The van der Waals surface area contributed by atoms with Crippen molar-refractivity contribution in [1.82, 2.24) is 10.6 Å². The van der Waals surface area contributed by atoms with Gasteiger partial charge in [0.25, 0.3) is 0 Å². The molecule has 2 N–H and O–H groups in total. The third-order valence-corrected chi connectivity index (χ3v) is 5.30. The van der Waals surface area contributed by atoms with E-state index in [0.29, 0.717) is 13.0 Å². The smallest absolute Gasteiger partial charge is 0.223 e. The van der Waals surface area contributed by atoms with Crippen molar-refractivity contribution < 1.29 is 14.3 Å². The minimum atomic E-state index is -0.108. The summed E-state index contributed by atoms with van der Waals surface area (Å²) in [5.41, 5.74) is 0.993. The van der Waals surface area contributed by atoms with Crippen molar-refractivity contribution in [3.05, 3.63) is 28.2 Å². The first-order valence-electron chi connectivity index (χ1n) is 8.91. The number of hydrogen-bond donors (Lipinski definition) is 2. The number of carbonyl (C=O) groups is 2. The predicted molar refractivity (Wildman–Crippen MR) is 101 cm³/mol. The molecule has 0 bridgehead atoms. The van der Waals surface area contributed by atoms with Crippen molar-refractivity contribution in [3.8, 4) is 5.75 Å². The summed E-state index contributed by atoms with van der Waals surface area (Å²) >= 11 is 3.45. The molecule has 2 amide bonds. The molecule has 25 heavy (non-hydrogen) atoms. The fraction of sp³-hybridized carbons (Fsp3) is 0.579. The van der Waals surface area contributed by atoms with Crippen molar-refractivity contribution in [2.24, 2.45) is 5.92 Å². The van der Waals surface area contributed by atoms with Crippen molar-refractivity contribution in [2.75, 3.05) is 13.7 Å². The molecular formula is C19H27BrN2O3. The third-order valence-electron chi connectivity index (χ3n) is 4.68. The number of nitrogens with one attached hydrogen (secondary N) is 2. The molecule has 1 aliphatic rings. The van der Waals surface area contributed by atoms with Crippen molar-refractivity contribution in [1.29, 1.82) is 0 Å². The van der Waals surface area contributed by atoms with Crippen LogP contribution in [0.2, 0.25) is 0 Å². The van der Waals surface area contributed by atoms with E-state index in [4.69, 9.17) is 4.74 Å². The molecule has 5 nitrogen and oxygen atoms in total. The fourth-order valence-electron chi connectivity index (χ4n) is 3.16. The second-order valence-electron chi connectivity index (χ2n) is 6.56. The summed E-state index contributed by atoms with van der Waals surface area (Å²) in [6.45, 7) is 2.33. The van der Waals surface area contributed by atoms with Gasteiger partial charge in [-0.05, 0) is 53.4 Å². The zero-order valence-electron chi connectivity index (χ0n) is 14.9. The highest BCUT2D eigenvalue weighted by molar-refractivity contribution is 9.10. The van der Waals surface area contributed by atoms with E-state index in [2.05, 4.69) is 26.6 Å². The number of amides is 2. The van der Waals surface area contributed by atoms with Crippen LogP contribution in [0.3, 0.4) is 0 Å². The third kappa shape index (κ3) is 6.03. The van der Waals surface area contributed by atoms with Crippen LogP contribution in [0.15, 0.2) is 22.7 Å². The van der Waals surface area contributed by atoms with E-state index in [9.17, 15) is 9.59 Å². The van der Waals surface area contributed by atoms with Gasteiger partial charge in [-0.2, -0.15) is 0 Å². The molecule has 1 aliphatic carbocycles. The number of carbonyl (C=O) groups excluding carboxylic acids is 2. The van der Waals surface area contributed by atoms with Crippen LogP contribution >= 0.6 is 15.9 Å². The number of benzene rings is 1. The number of ether oxygens (including phenoxy) is 1. The van der Waals surface area contributed by atoms with E-state index in [-0.39, 0.29) is 23.8 Å². The molecule has 1 unspecified atom stereocenters. The molecule has 1 aromatic rings. The Labute approximate surface area is 158 Å². The van der Waals surface area contributed by atoms with Gasteiger partial charge in [0.05, 0.1) is 17.6 Å². The van der Waals surface area contributed by atoms with Crippen molar-refractivity contribution in [2.45, 2.75) is 51.5 Å². The Balaban J connectivity index is 1.74. The van der Waals surface area contributed by atoms with E-state index < -0.39 is 0 Å². The largest absolute Gasteiger partial charge is 0.496 e. The van der Waals surface area contributed by atoms with Gasteiger partial charge >= 0.3 is 0 Å². The Morgan fingerprint density at radius 2 is 2.00 bits per heavy atom. The average molecular weight is 411 g/mol. The second-order valence-corrected chi connectivity index (χ2v) is 7.41. The Morgan fingerprint density at radius 1 is 1.28 bits per heavy atom. The highest BCUT2D eigenvalue weighted by Crippen LogP contribution is 2.28. The van der Waals surface area contributed by atoms with Crippen molar-refractivity contribution >= 4 is 27.7 Å². The maximum atomic E-state index is 12.1. The normalized spacial score (nSPS) is 16.1. The molecule has 1 fully saturated rings. The van der Waals surface area contributed by atoms with Crippen LogP contribution < -0.4 is 15.4 Å². The maximum Gasteiger partial charge on any atom is 0.223 e. The molecule has 2 rings (SSSR count). The number of hydrogen-bond acceptors (Lipinski definition) is 3. The van der Waals surface area contributed by atoms with E-state index in [1.165, 1.54) is 6.42 Å². The van der Waals surface area contributed by atoms with Crippen LogP contribution in [0.1, 0.15) is 57.1 Å². The quantitative estimate of drug-likeness (QED) is 0.719. The molecule has 0 aromatic heterocycles. The van der Waals surface area contributed by atoms with Crippen LogP contribution in [-0.4, -0.2) is 25.5 Å². The molecule has 0 spiro atoms. The van der Waals surface area contributed by atoms with E-state index in [1.807, 2.05) is 25.1 Å². The summed E-state index contributed by atoms with van der Waals surface area (Å²) in [7, 11) is 1.62. The summed E-state index contributed by atoms with van der Waals surface area (Å²) in [6.07, 6.45) is 5.73. The molecular weight excluding hydrogens is 384 g/mol. The number of halogens is 1. The first-order valence-corrected chi connectivity index (χ1v) is 9.71. The molecule has 0 aliphatic heterocycles. The monoisotopic (exact) mass is 410 g/mol. The van der Waals surface area contributed by atoms with Gasteiger partial charge in [0.1, 0.15) is 5.75 Å². The fourth-order valence-corrected chi connectivity index (χ4v) is 3.72. The summed E-state index contributed by atoms with van der Waals surface area (Å²) in [5.74, 6) is 0.920. The lowest BCUT2D eigenvalue weighted by molar-refractivity contribution is -0.126. The number of rotatable bonds is 7. The van der Waals surface area contributed by atoms with Crippen LogP contribution in [0.4, 0.5) is 0 Å². The lowest BCUT2D eigenvalue weighted by Gasteiger charge is -2.21. The number of methoxy groups -OCH3 is 1. The highest BCUT2D eigenvalue weighted by Gasteiger charge is 2.20. The van der Waals surface area contributed by atoms with E-state index in [0.717, 1.165) is 41.5 Å². The molecule has 1 aromatic carbocycles. The summed E-state index contributed by atoms with van der Waals surface area (Å²) in [6, 6.07) is 5.63. The topological polar surface area (TPSA) is 67.4 Å². The minimum Gasteiger partial charge on any atom is -0.496 e. The summed E-state index contributed by atoms with van der Waals surface area (Å²) < 4.78 is 6.07. The average Bonchev–Trinajstić information content (AvgIpc) is 2.62. The molecule has 0 radical (unpaired) electrons. The van der Waals surface area contributed by atoms with E-state index >= 15 is 0 Å². The van der Waals surface area contributed by atoms with Gasteiger partial charge in [-0.3, -0.25) is 9.59 Å². The standard InChI is InChI=1S/C19H27BrN2O3/c1-13(15-8-9-17(25-2)16(20)12-15)22-18(23)10-11-21-19(24)14-6-4-3-5-7-14/h8-9,12-14H,3-7,10-11H2,1-2H3,(H,21,24)(H,22,23). The first-order chi connectivity index (χ1) is 12.0. The molecule has 138 valence electrons. The molecule has 0 saturated heterocycles. The molecule has 1 atom stereocenters. The highest BCUT2D eigenvalue weighted by atomic mass is 79.9. The zero-order chi connectivity index (χ0) is 18.2. The van der Waals surface area contributed by atoms with E-state index in [1.54, 1.807) is 7.11 Å². The van der Waals surface area contributed by atoms with Gasteiger partial charge in [0.2, 0.25) is 11.8 Å². The minimum absolute atomic E-state index is 0.0663. The molecule has 1 saturated carbocycles. The van der Waals surface area contributed by atoms with Gasteiger partial charge < -0.3 is 15.4 Å². The Hall–Kier alpha value is -1.56. The maximum absolute atomic E-state index is 12.1. The van der Waals surface area contributed by atoms with Gasteiger partial charge in [-0.1, -0.05) is 25.3 Å². The van der Waals surface area contributed by atoms with Gasteiger partial charge in [0, 0.05) is 18.9 Å². The Kier molecular flexibility index (Phi) is 7.75. The molecule has 6 heteroatoms. The van der Waals surface area contributed by atoms with Crippen molar-refractivity contribution in [3.63, 3.8) is 0 Å². The summed E-state index contributed by atoms with van der Waals surface area (Å²) in [4.78, 5) is 24.2. The van der Waals surface area contributed by atoms with Gasteiger partial charge in [-0.15, -0.1) is 0 Å². The Morgan fingerprint density at radius 3 is 2.64 bits per heavy atom. The lowest BCUT2D eigenvalue weighted by Crippen LogP contribution is -2.35. The molecule has 0 heterocycles. The first kappa shape index (κ1) is 19.8. The lowest BCUT2D eigenvalue weighted by atomic mass is 9.89. The Bertz CT molecular complexity index is 600. The van der Waals surface area contributed by atoms with Crippen LogP contribution in [0.25, 0.3) is 0 Å². The van der Waals surface area contributed by atoms with Crippen LogP contribution in [0, 0.1) is 5.92 Å². The van der Waals surface area contributed by atoms with Crippen LogP contribution in [-0.2, 0) is 9.59 Å².